The molecule has 0 saturated carbocycles. The maximum Gasteiger partial charge on any atom is 0.253 e. The second-order valence-corrected chi connectivity index (χ2v) is 8.27. The van der Waals surface area contributed by atoms with E-state index in [1.54, 1.807) is 6.20 Å². The average Bonchev–Trinajstić information content (AvgIpc) is 3.37. The fourth-order valence-electron chi connectivity index (χ4n) is 3.65. The van der Waals surface area contributed by atoms with E-state index in [0.717, 1.165) is 48.4 Å². The fourth-order valence-corrected chi connectivity index (χ4v) is 4.57. The molecule has 29 heavy (non-hydrogen) atoms. The van der Waals surface area contributed by atoms with Gasteiger partial charge in [0, 0.05) is 50.4 Å². The summed E-state index contributed by atoms with van der Waals surface area (Å²) < 4.78 is 2.90. The minimum atomic E-state index is -0.0792. The van der Waals surface area contributed by atoms with Gasteiger partial charge in [-0.05, 0) is 37.5 Å². The van der Waals surface area contributed by atoms with E-state index in [-0.39, 0.29) is 11.8 Å². The van der Waals surface area contributed by atoms with E-state index in [2.05, 4.69) is 15.3 Å². The molecule has 1 aromatic carbocycles. The topological polar surface area (TPSA) is 80.1 Å². The quantitative estimate of drug-likeness (QED) is 0.671. The largest absolute Gasteiger partial charge is 0.339 e. The van der Waals surface area contributed by atoms with E-state index >= 15 is 0 Å². The highest BCUT2D eigenvalue weighted by atomic mass is 32.1. The van der Waals surface area contributed by atoms with Gasteiger partial charge < -0.3 is 14.8 Å². The number of aryl methyl sites for hydroxylation is 2. The van der Waals surface area contributed by atoms with Gasteiger partial charge in [0.25, 0.3) is 5.91 Å². The van der Waals surface area contributed by atoms with Crippen molar-refractivity contribution in [3.05, 3.63) is 42.0 Å². The van der Waals surface area contributed by atoms with Crippen LogP contribution in [0.1, 0.15) is 48.8 Å². The molecule has 2 aromatic heterocycles. The van der Waals surface area contributed by atoms with Gasteiger partial charge in [0.1, 0.15) is 5.82 Å². The summed E-state index contributed by atoms with van der Waals surface area (Å²) in [5, 5.41) is 3.45. The monoisotopic (exact) mass is 411 g/mol. The molecule has 0 atom stereocenters. The normalized spacial score (nSPS) is 14.3. The molecule has 0 bridgehead atoms. The molecule has 152 valence electrons. The van der Waals surface area contributed by atoms with Crippen LogP contribution in [0.4, 0.5) is 5.13 Å². The lowest BCUT2D eigenvalue weighted by Crippen LogP contribution is -2.35. The number of rotatable bonds is 6. The number of amides is 2. The number of carbonyl (C=O) groups excluding carboxylic acids is 2. The average molecular weight is 412 g/mol. The van der Waals surface area contributed by atoms with Gasteiger partial charge in [0.15, 0.2) is 5.13 Å². The molecule has 0 radical (unpaired) electrons. The van der Waals surface area contributed by atoms with Crippen LogP contribution in [-0.2, 0) is 17.8 Å². The minimum Gasteiger partial charge on any atom is -0.339 e. The zero-order chi connectivity index (χ0) is 20.2. The number of nitrogens with one attached hydrogen (secondary N) is 1. The Kier molecular flexibility index (Phi) is 5.89. The molecule has 1 fully saturated rings. The summed E-state index contributed by atoms with van der Waals surface area (Å²) >= 11 is 1.40. The van der Waals surface area contributed by atoms with E-state index in [9.17, 15) is 9.59 Å². The lowest BCUT2D eigenvalue weighted by molar-refractivity contribution is -0.116. The Morgan fingerprint density at radius 3 is 2.83 bits per heavy atom. The number of piperidine rings is 1. The number of aromatic nitrogens is 3. The van der Waals surface area contributed by atoms with Gasteiger partial charge in [-0.2, -0.15) is 0 Å². The number of carbonyl (C=O) groups is 2. The molecule has 3 aromatic rings. The molecule has 1 aliphatic heterocycles. The van der Waals surface area contributed by atoms with Crippen molar-refractivity contribution in [2.75, 3.05) is 18.4 Å². The van der Waals surface area contributed by atoms with Crippen molar-refractivity contribution in [3.8, 4) is 0 Å². The van der Waals surface area contributed by atoms with Gasteiger partial charge in [-0.25, -0.2) is 9.97 Å². The van der Waals surface area contributed by atoms with E-state index in [1.807, 2.05) is 40.8 Å². The Morgan fingerprint density at radius 2 is 2.03 bits per heavy atom. The van der Waals surface area contributed by atoms with Gasteiger partial charge in [0.05, 0.1) is 10.2 Å². The van der Waals surface area contributed by atoms with Crippen LogP contribution in [-0.4, -0.2) is 44.3 Å². The number of imidazole rings is 1. The van der Waals surface area contributed by atoms with Gasteiger partial charge in [-0.1, -0.05) is 18.3 Å². The van der Waals surface area contributed by atoms with Crippen LogP contribution in [0.3, 0.4) is 0 Å². The molecule has 7 nitrogen and oxygen atoms in total. The van der Waals surface area contributed by atoms with Gasteiger partial charge in [-0.15, -0.1) is 0 Å². The van der Waals surface area contributed by atoms with Crippen molar-refractivity contribution >= 4 is 38.5 Å². The molecule has 8 heteroatoms. The van der Waals surface area contributed by atoms with Crippen LogP contribution in [0.25, 0.3) is 10.2 Å². The summed E-state index contributed by atoms with van der Waals surface area (Å²) in [6.45, 7) is 4.30. The van der Waals surface area contributed by atoms with E-state index in [0.29, 0.717) is 23.7 Å². The van der Waals surface area contributed by atoms with Crippen molar-refractivity contribution in [1.82, 2.24) is 19.4 Å². The third kappa shape index (κ3) is 4.48. The number of nitrogens with zero attached hydrogens (tertiary/aromatic N) is 4. The smallest absolute Gasteiger partial charge is 0.253 e. The number of hydrogen-bond donors (Lipinski definition) is 1. The Hall–Kier alpha value is -2.74. The Morgan fingerprint density at radius 1 is 1.21 bits per heavy atom. The molecule has 0 unspecified atom stereocenters. The summed E-state index contributed by atoms with van der Waals surface area (Å²) in [4.78, 5) is 35.7. The van der Waals surface area contributed by atoms with Crippen LogP contribution in [0.5, 0.6) is 0 Å². The SMILES string of the molecule is CCc1nccn1CCC(=O)Nc1nc2ccc(C(=O)N3CCCCC3)cc2s1. The fraction of sp³-hybridized carbons (Fsp3) is 0.429. The maximum absolute atomic E-state index is 12.7. The summed E-state index contributed by atoms with van der Waals surface area (Å²) in [5.41, 5.74) is 1.48. The molecule has 3 heterocycles. The Bertz CT molecular complexity index is 1020. The number of benzene rings is 1. The molecule has 0 spiro atoms. The molecular formula is C21H25N5O2S. The summed E-state index contributed by atoms with van der Waals surface area (Å²) in [5.74, 6) is 0.978. The Labute approximate surface area is 173 Å². The number of likely N-dealkylation sites (tertiary alicyclic amines) is 1. The lowest BCUT2D eigenvalue weighted by atomic mass is 10.1. The van der Waals surface area contributed by atoms with E-state index < -0.39 is 0 Å². The highest BCUT2D eigenvalue weighted by molar-refractivity contribution is 7.22. The molecule has 2 amide bonds. The molecule has 1 N–H and O–H groups in total. The van der Waals surface area contributed by atoms with Crippen molar-refractivity contribution in [1.29, 1.82) is 0 Å². The van der Waals surface area contributed by atoms with Crippen molar-refractivity contribution in [3.63, 3.8) is 0 Å². The molecule has 1 saturated heterocycles. The number of hydrogen-bond acceptors (Lipinski definition) is 5. The predicted octanol–water partition coefficient (Wildman–Crippen LogP) is 3.71. The molecule has 1 aliphatic rings. The van der Waals surface area contributed by atoms with E-state index in [1.165, 1.54) is 17.8 Å². The van der Waals surface area contributed by atoms with Gasteiger partial charge in [0.2, 0.25) is 5.91 Å². The van der Waals surface area contributed by atoms with Crippen molar-refractivity contribution < 1.29 is 9.59 Å². The highest BCUT2D eigenvalue weighted by Gasteiger charge is 2.19. The van der Waals surface area contributed by atoms with Crippen LogP contribution >= 0.6 is 11.3 Å². The van der Waals surface area contributed by atoms with Crippen LogP contribution in [0, 0.1) is 0 Å². The zero-order valence-corrected chi connectivity index (χ0v) is 17.4. The van der Waals surface area contributed by atoms with Crippen molar-refractivity contribution in [2.45, 2.75) is 45.6 Å². The first-order valence-electron chi connectivity index (χ1n) is 10.1. The van der Waals surface area contributed by atoms with Gasteiger partial charge >= 0.3 is 0 Å². The lowest BCUT2D eigenvalue weighted by Gasteiger charge is -2.26. The van der Waals surface area contributed by atoms with Crippen LogP contribution in [0.15, 0.2) is 30.6 Å². The van der Waals surface area contributed by atoms with E-state index in [4.69, 9.17) is 0 Å². The summed E-state index contributed by atoms with van der Waals surface area (Å²) in [7, 11) is 0. The third-order valence-corrected chi connectivity index (χ3v) is 6.16. The molecule has 0 aliphatic carbocycles. The first kappa shape index (κ1) is 19.6. The second kappa shape index (κ2) is 8.73. The highest BCUT2D eigenvalue weighted by Crippen LogP contribution is 2.27. The number of thiazole rings is 1. The van der Waals surface area contributed by atoms with Crippen LogP contribution in [0.2, 0.25) is 0 Å². The molecule has 4 rings (SSSR count). The Balaban J connectivity index is 1.40. The zero-order valence-electron chi connectivity index (χ0n) is 16.6. The minimum absolute atomic E-state index is 0.0792. The number of anilines is 1. The third-order valence-electron chi connectivity index (χ3n) is 5.22. The maximum atomic E-state index is 12.7. The van der Waals surface area contributed by atoms with Gasteiger partial charge in [-0.3, -0.25) is 9.59 Å². The first-order valence-corrected chi connectivity index (χ1v) is 11.0. The summed E-state index contributed by atoms with van der Waals surface area (Å²) in [6, 6.07) is 5.58. The van der Waals surface area contributed by atoms with Crippen molar-refractivity contribution in [2.24, 2.45) is 0 Å². The standard InChI is InChI=1S/C21H25N5O2S/c1-2-18-22-9-13-25(18)12-8-19(27)24-21-23-16-7-6-15(14-17(16)29-21)20(28)26-10-4-3-5-11-26/h6-7,9,13-14H,2-5,8,10-12H2,1H3,(H,23,24,27). The first-order chi connectivity index (χ1) is 14.1. The molecular weight excluding hydrogens is 386 g/mol. The van der Waals surface area contributed by atoms with Crippen LogP contribution < -0.4 is 5.32 Å². The second-order valence-electron chi connectivity index (χ2n) is 7.24. The summed E-state index contributed by atoms with van der Waals surface area (Å²) in [6.07, 6.45) is 8.19. The number of fused-ring (bicyclic) bond motifs is 1. The predicted molar refractivity (Wildman–Crippen MR) is 114 cm³/mol.